The van der Waals surface area contributed by atoms with E-state index in [1.807, 2.05) is 0 Å². The fourth-order valence-electron chi connectivity index (χ4n) is 2.08. The van der Waals surface area contributed by atoms with Gasteiger partial charge in [0.1, 0.15) is 11.5 Å². The fraction of sp³-hybridized carbons (Fsp3) is 0. The van der Waals surface area contributed by atoms with E-state index in [2.05, 4.69) is 9.97 Å². The Bertz CT molecular complexity index is 967. The van der Waals surface area contributed by atoms with Crippen molar-refractivity contribution in [3.05, 3.63) is 70.0 Å². The summed E-state index contributed by atoms with van der Waals surface area (Å²) in [6, 6.07) is 7.66. The first-order valence-corrected chi connectivity index (χ1v) is 7.64. The third-order valence-electron chi connectivity index (χ3n) is 3.23. The van der Waals surface area contributed by atoms with Crippen molar-refractivity contribution in [1.29, 1.82) is 0 Å². The molecule has 0 spiro atoms. The molecule has 0 saturated carbocycles. The number of rotatable bonds is 4. The first kappa shape index (κ1) is 17.3. The van der Waals surface area contributed by atoms with Gasteiger partial charge in [0.15, 0.2) is 23.0 Å². The normalized spacial score (nSPS) is 10.6. The summed E-state index contributed by atoms with van der Waals surface area (Å²) < 4.78 is 31.8. The number of carbonyl (C=O) groups excluding carboxylic acids is 1. The molecule has 3 aromatic rings. The van der Waals surface area contributed by atoms with Gasteiger partial charge in [-0.05, 0) is 12.1 Å². The standard InChI is InChI=1S/C17H8Cl2F2N2O2/c18-15-9(8-24)2-1-3-11(15)16-17(19)23-14(7-22-16)25-13-5-4-10(20)6-12(13)21/h1-8H. The molecule has 0 aliphatic carbocycles. The van der Waals surface area contributed by atoms with Crippen molar-refractivity contribution >= 4 is 29.5 Å². The van der Waals surface area contributed by atoms with Gasteiger partial charge in [-0.1, -0.05) is 41.4 Å². The molecular weight excluding hydrogens is 373 g/mol. The Hall–Kier alpha value is -2.57. The minimum Gasteiger partial charge on any atom is -0.434 e. The molecule has 0 radical (unpaired) electrons. The van der Waals surface area contributed by atoms with E-state index < -0.39 is 11.6 Å². The maximum Gasteiger partial charge on any atom is 0.239 e. The highest BCUT2D eigenvalue weighted by Crippen LogP contribution is 2.34. The van der Waals surface area contributed by atoms with Gasteiger partial charge in [-0.25, -0.2) is 13.8 Å². The zero-order valence-electron chi connectivity index (χ0n) is 12.3. The Balaban J connectivity index is 1.95. The molecule has 0 amide bonds. The smallest absolute Gasteiger partial charge is 0.239 e. The van der Waals surface area contributed by atoms with Crippen LogP contribution in [0.4, 0.5) is 8.78 Å². The summed E-state index contributed by atoms with van der Waals surface area (Å²) in [5, 5.41) is 0.136. The Labute approximate surface area is 151 Å². The third-order valence-corrected chi connectivity index (χ3v) is 3.91. The lowest BCUT2D eigenvalue weighted by Crippen LogP contribution is -1.96. The van der Waals surface area contributed by atoms with Crippen molar-refractivity contribution in [2.24, 2.45) is 0 Å². The van der Waals surface area contributed by atoms with Crippen molar-refractivity contribution in [2.75, 3.05) is 0 Å². The molecule has 0 aliphatic rings. The quantitative estimate of drug-likeness (QED) is 0.573. The number of hydrogen-bond acceptors (Lipinski definition) is 4. The van der Waals surface area contributed by atoms with Gasteiger partial charge in [0.05, 0.1) is 11.2 Å². The second kappa shape index (κ2) is 7.13. The van der Waals surface area contributed by atoms with Crippen LogP contribution in [-0.2, 0) is 0 Å². The molecule has 2 aromatic carbocycles. The molecule has 3 rings (SSSR count). The predicted octanol–water partition coefficient (Wildman–Crippen LogP) is 5.33. The van der Waals surface area contributed by atoms with Crippen LogP contribution in [0, 0.1) is 11.6 Å². The third kappa shape index (κ3) is 3.60. The Morgan fingerprint density at radius 1 is 1.12 bits per heavy atom. The number of benzene rings is 2. The van der Waals surface area contributed by atoms with Gasteiger partial charge < -0.3 is 4.74 Å². The Kier molecular flexibility index (Phi) is 4.92. The van der Waals surface area contributed by atoms with Crippen LogP contribution < -0.4 is 4.74 Å². The highest BCUT2D eigenvalue weighted by Gasteiger charge is 2.15. The lowest BCUT2D eigenvalue weighted by atomic mass is 10.1. The van der Waals surface area contributed by atoms with Crippen molar-refractivity contribution in [3.8, 4) is 22.9 Å². The van der Waals surface area contributed by atoms with Crippen LogP contribution >= 0.6 is 23.2 Å². The number of aromatic nitrogens is 2. The van der Waals surface area contributed by atoms with Crippen LogP contribution in [0.5, 0.6) is 11.6 Å². The lowest BCUT2D eigenvalue weighted by Gasteiger charge is -2.09. The summed E-state index contributed by atoms with van der Waals surface area (Å²) in [4.78, 5) is 19.1. The molecule has 0 fully saturated rings. The molecule has 0 atom stereocenters. The van der Waals surface area contributed by atoms with Crippen LogP contribution in [0.2, 0.25) is 10.2 Å². The Morgan fingerprint density at radius 3 is 2.60 bits per heavy atom. The van der Waals surface area contributed by atoms with Crippen molar-refractivity contribution in [2.45, 2.75) is 0 Å². The van der Waals surface area contributed by atoms with E-state index in [-0.39, 0.29) is 33.1 Å². The van der Waals surface area contributed by atoms with E-state index in [0.29, 0.717) is 17.9 Å². The second-order valence-electron chi connectivity index (χ2n) is 4.85. The molecule has 0 aliphatic heterocycles. The van der Waals surface area contributed by atoms with Crippen molar-refractivity contribution in [3.63, 3.8) is 0 Å². The van der Waals surface area contributed by atoms with Gasteiger partial charge in [-0.2, -0.15) is 4.98 Å². The summed E-state index contributed by atoms with van der Waals surface area (Å²) in [7, 11) is 0. The first-order chi connectivity index (χ1) is 12.0. The van der Waals surface area contributed by atoms with Crippen LogP contribution in [-0.4, -0.2) is 16.3 Å². The number of hydrogen-bond donors (Lipinski definition) is 0. The highest BCUT2D eigenvalue weighted by molar-refractivity contribution is 6.37. The van der Waals surface area contributed by atoms with E-state index >= 15 is 0 Å². The largest absolute Gasteiger partial charge is 0.434 e. The molecule has 0 N–H and O–H groups in total. The van der Waals surface area contributed by atoms with Crippen molar-refractivity contribution < 1.29 is 18.3 Å². The highest BCUT2D eigenvalue weighted by atomic mass is 35.5. The SMILES string of the molecule is O=Cc1cccc(-c2ncc(Oc3ccc(F)cc3F)nc2Cl)c1Cl. The molecule has 0 bridgehead atoms. The van der Waals surface area contributed by atoms with Crippen LogP contribution in [0.1, 0.15) is 10.4 Å². The Morgan fingerprint density at radius 2 is 1.92 bits per heavy atom. The molecular formula is C17H8Cl2F2N2O2. The van der Waals surface area contributed by atoms with E-state index in [9.17, 15) is 13.6 Å². The summed E-state index contributed by atoms with van der Waals surface area (Å²) >= 11 is 12.3. The van der Waals surface area contributed by atoms with E-state index in [1.54, 1.807) is 18.2 Å². The fourth-order valence-corrected chi connectivity index (χ4v) is 2.57. The molecule has 4 nitrogen and oxygen atoms in total. The average molecular weight is 381 g/mol. The summed E-state index contributed by atoms with van der Waals surface area (Å²) in [5.74, 6) is -1.92. The minimum absolute atomic E-state index is 0.0510. The zero-order valence-corrected chi connectivity index (χ0v) is 13.9. The molecule has 126 valence electrons. The number of carbonyl (C=O) groups is 1. The van der Waals surface area contributed by atoms with E-state index in [0.717, 1.165) is 12.1 Å². The topological polar surface area (TPSA) is 52.1 Å². The molecule has 1 aromatic heterocycles. The maximum absolute atomic E-state index is 13.6. The van der Waals surface area contributed by atoms with Gasteiger partial charge in [0.25, 0.3) is 0 Å². The molecule has 0 saturated heterocycles. The van der Waals surface area contributed by atoms with Gasteiger partial charge in [0, 0.05) is 17.2 Å². The minimum atomic E-state index is -0.885. The summed E-state index contributed by atoms with van der Waals surface area (Å²) in [5.41, 5.74) is 0.941. The zero-order chi connectivity index (χ0) is 18.0. The van der Waals surface area contributed by atoms with Crippen LogP contribution in [0.25, 0.3) is 11.3 Å². The molecule has 1 heterocycles. The lowest BCUT2D eigenvalue weighted by molar-refractivity contribution is 0.112. The summed E-state index contributed by atoms with van der Waals surface area (Å²) in [6.07, 6.45) is 1.83. The predicted molar refractivity (Wildman–Crippen MR) is 89.3 cm³/mol. The monoisotopic (exact) mass is 380 g/mol. The van der Waals surface area contributed by atoms with Crippen molar-refractivity contribution in [1.82, 2.24) is 9.97 Å². The molecule has 25 heavy (non-hydrogen) atoms. The number of halogens is 4. The molecule has 8 heteroatoms. The second-order valence-corrected chi connectivity index (χ2v) is 5.59. The average Bonchev–Trinajstić information content (AvgIpc) is 2.58. The number of ether oxygens (including phenoxy) is 1. The van der Waals surface area contributed by atoms with E-state index in [4.69, 9.17) is 27.9 Å². The summed E-state index contributed by atoms with van der Waals surface area (Å²) in [6.45, 7) is 0. The van der Waals surface area contributed by atoms with Crippen LogP contribution in [0.15, 0.2) is 42.6 Å². The van der Waals surface area contributed by atoms with Gasteiger partial charge >= 0.3 is 0 Å². The number of nitrogens with zero attached hydrogens (tertiary/aromatic N) is 2. The molecule has 0 unspecified atom stereocenters. The van der Waals surface area contributed by atoms with E-state index in [1.165, 1.54) is 6.20 Å². The maximum atomic E-state index is 13.6. The van der Waals surface area contributed by atoms with Crippen LogP contribution in [0.3, 0.4) is 0 Å². The van der Waals surface area contributed by atoms with Gasteiger partial charge in [-0.15, -0.1) is 0 Å². The van der Waals surface area contributed by atoms with Gasteiger partial charge in [-0.3, -0.25) is 4.79 Å². The van der Waals surface area contributed by atoms with Gasteiger partial charge in [0.2, 0.25) is 5.88 Å². The first-order valence-electron chi connectivity index (χ1n) is 6.89. The number of aldehydes is 1.